The maximum atomic E-state index is 12.9. The van der Waals surface area contributed by atoms with Crippen LogP contribution in [0.5, 0.6) is 0 Å². The lowest BCUT2D eigenvalue weighted by atomic mass is 10.1. The van der Waals surface area contributed by atoms with Gasteiger partial charge >= 0.3 is 6.18 Å². The van der Waals surface area contributed by atoms with Crippen molar-refractivity contribution in [3.63, 3.8) is 0 Å². The average Bonchev–Trinajstić information content (AvgIpc) is 3.40. The highest BCUT2D eigenvalue weighted by Gasteiger charge is 2.30. The molecule has 0 aliphatic heterocycles. The van der Waals surface area contributed by atoms with Gasteiger partial charge in [-0.3, -0.25) is 0 Å². The van der Waals surface area contributed by atoms with Crippen LogP contribution in [0.15, 0.2) is 63.5 Å². The number of anilines is 1. The van der Waals surface area contributed by atoms with Crippen LogP contribution < -0.4 is 5.32 Å². The van der Waals surface area contributed by atoms with Crippen LogP contribution in [0.1, 0.15) is 17.0 Å². The second-order valence-electron chi connectivity index (χ2n) is 6.09. The van der Waals surface area contributed by atoms with Gasteiger partial charge in [0.2, 0.25) is 16.8 Å². The first kappa shape index (κ1) is 20.4. The van der Waals surface area contributed by atoms with E-state index in [2.05, 4.69) is 25.7 Å². The van der Waals surface area contributed by atoms with E-state index in [1.165, 1.54) is 35.2 Å². The van der Waals surface area contributed by atoms with Crippen molar-refractivity contribution in [3.8, 4) is 11.4 Å². The van der Waals surface area contributed by atoms with Gasteiger partial charge in [-0.25, -0.2) is 0 Å². The van der Waals surface area contributed by atoms with Gasteiger partial charge in [-0.2, -0.15) is 18.2 Å². The maximum absolute atomic E-state index is 12.9. The summed E-state index contributed by atoms with van der Waals surface area (Å²) in [7, 11) is 0. The van der Waals surface area contributed by atoms with Crippen molar-refractivity contribution in [1.82, 2.24) is 20.3 Å². The third kappa shape index (κ3) is 5.16. The minimum absolute atomic E-state index is 0.110. The SMILES string of the molecule is FC(F)(F)c1cccc(-c2noc(CSc3nnc(NCc4ccccc4)s3)n2)c1. The van der Waals surface area contributed by atoms with Gasteiger partial charge in [0, 0.05) is 12.1 Å². The molecule has 154 valence electrons. The highest BCUT2D eigenvalue weighted by atomic mass is 32.2. The van der Waals surface area contributed by atoms with Crippen LogP contribution >= 0.6 is 23.1 Å². The summed E-state index contributed by atoms with van der Waals surface area (Å²) in [5.74, 6) is 0.736. The Kier molecular flexibility index (Phi) is 6.00. The lowest BCUT2D eigenvalue weighted by molar-refractivity contribution is -0.137. The first-order chi connectivity index (χ1) is 14.5. The molecular weight excluding hydrogens is 435 g/mol. The Balaban J connectivity index is 1.34. The Labute approximate surface area is 177 Å². The number of nitrogens with zero attached hydrogens (tertiary/aromatic N) is 4. The van der Waals surface area contributed by atoms with Crippen LogP contribution in [-0.2, 0) is 18.5 Å². The number of rotatable bonds is 7. The molecule has 4 rings (SSSR count). The quantitative estimate of drug-likeness (QED) is 0.373. The molecule has 0 radical (unpaired) electrons. The summed E-state index contributed by atoms with van der Waals surface area (Å²) in [5, 5.41) is 15.9. The fraction of sp³-hybridized carbons (Fsp3) is 0.158. The Bertz CT molecular complexity index is 1110. The molecule has 0 atom stereocenters. The van der Waals surface area contributed by atoms with E-state index in [9.17, 15) is 13.2 Å². The second kappa shape index (κ2) is 8.84. The first-order valence-electron chi connectivity index (χ1n) is 8.72. The third-order valence-corrected chi connectivity index (χ3v) is 5.93. The highest BCUT2D eigenvalue weighted by molar-refractivity contribution is 8.00. The molecule has 11 heteroatoms. The fourth-order valence-electron chi connectivity index (χ4n) is 2.50. The van der Waals surface area contributed by atoms with Gasteiger partial charge in [-0.05, 0) is 17.7 Å². The number of thioether (sulfide) groups is 1. The molecule has 6 nitrogen and oxygen atoms in total. The second-order valence-corrected chi connectivity index (χ2v) is 8.29. The Hall–Kier alpha value is -2.92. The molecule has 0 saturated heterocycles. The molecule has 2 heterocycles. The molecule has 0 aliphatic carbocycles. The number of hydrogen-bond acceptors (Lipinski definition) is 8. The summed E-state index contributed by atoms with van der Waals surface area (Å²) in [6, 6.07) is 14.7. The van der Waals surface area contributed by atoms with Gasteiger partial charge in [0.15, 0.2) is 4.34 Å². The van der Waals surface area contributed by atoms with Crippen molar-refractivity contribution in [3.05, 3.63) is 71.6 Å². The van der Waals surface area contributed by atoms with Crippen LogP contribution in [-0.4, -0.2) is 20.3 Å². The van der Waals surface area contributed by atoms with Gasteiger partial charge in [0.25, 0.3) is 0 Å². The molecule has 0 spiro atoms. The van der Waals surface area contributed by atoms with E-state index in [1.54, 1.807) is 0 Å². The number of aromatic nitrogens is 4. The smallest absolute Gasteiger partial charge is 0.356 e. The van der Waals surface area contributed by atoms with Crippen LogP contribution in [0, 0.1) is 0 Å². The highest BCUT2D eigenvalue weighted by Crippen LogP contribution is 2.32. The van der Waals surface area contributed by atoms with Gasteiger partial charge in [-0.1, -0.05) is 70.7 Å². The summed E-state index contributed by atoms with van der Waals surface area (Å²) in [5.41, 5.74) is 0.619. The normalized spacial score (nSPS) is 11.6. The molecule has 0 amide bonds. The zero-order valence-electron chi connectivity index (χ0n) is 15.3. The van der Waals surface area contributed by atoms with Crippen molar-refractivity contribution < 1.29 is 17.7 Å². The molecule has 0 fully saturated rings. The number of benzene rings is 2. The molecule has 0 aliphatic rings. The largest absolute Gasteiger partial charge is 0.416 e. The summed E-state index contributed by atoms with van der Waals surface area (Å²) in [4.78, 5) is 4.18. The lowest BCUT2D eigenvalue weighted by Crippen LogP contribution is -2.04. The van der Waals surface area contributed by atoms with Crippen LogP contribution in [0.2, 0.25) is 0 Å². The first-order valence-corrected chi connectivity index (χ1v) is 10.5. The van der Waals surface area contributed by atoms with E-state index in [0.29, 0.717) is 27.7 Å². The Morgan fingerprint density at radius 2 is 1.87 bits per heavy atom. The van der Waals surface area contributed by atoms with Crippen molar-refractivity contribution in [1.29, 1.82) is 0 Å². The monoisotopic (exact) mass is 449 g/mol. The van der Waals surface area contributed by atoms with Gasteiger partial charge in [0.1, 0.15) is 0 Å². The third-order valence-electron chi connectivity index (χ3n) is 3.93. The van der Waals surface area contributed by atoms with Crippen LogP contribution in [0.25, 0.3) is 11.4 Å². The molecule has 2 aromatic heterocycles. The number of hydrogen-bond donors (Lipinski definition) is 1. The standard InChI is InChI=1S/C19H14F3N5OS2/c20-19(21,22)14-8-4-7-13(9-14)16-24-15(28-27-16)11-29-18-26-25-17(30-18)23-10-12-5-2-1-3-6-12/h1-9H,10-11H2,(H,23,25). The lowest BCUT2D eigenvalue weighted by Gasteiger charge is -2.06. The molecule has 0 bridgehead atoms. The molecule has 0 saturated carbocycles. The van der Waals surface area contributed by atoms with Gasteiger partial charge in [0.05, 0.1) is 11.3 Å². The van der Waals surface area contributed by atoms with E-state index in [1.807, 2.05) is 30.3 Å². The zero-order valence-corrected chi connectivity index (χ0v) is 16.9. The predicted octanol–water partition coefficient (Wildman–Crippen LogP) is 5.51. The minimum Gasteiger partial charge on any atom is -0.356 e. The van der Waals surface area contributed by atoms with E-state index in [-0.39, 0.29) is 11.4 Å². The average molecular weight is 449 g/mol. The van der Waals surface area contributed by atoms with Gasteiger partial charge < -0.3 is 9.84 Å². The minimum atomic E-state index is -4.43. The maximum Gasteiger partial charge on any atom is 0.416 e. The number of nitrogens with one attached hydrogen (secondary N) is 1. The van der Waals surface area contributed by atoms with Gasteiger partial charge in [-0.15, -0.1) is 10.2 Å². The summed E-state index contributed by atoms with van der Waals surface area (Å²) in [6.07, 6.45) is -4.43. The molecule has 1 N–H and O–H groups in total. The molecule has 0 unspecified atom stereocenters. The van der Waals surface area contributed by atoms with Crippen LogP contribution in [0.3, 0.4) is 0 Å². The summed E-state index contributed by atoms with van der Waals surface area (Å²) in [6.45, 7) is 0.643. The van der Waals surface area contributed by atoms with Crippen molar-refractivity contribution >= 4 is 28.2 Å². The zero-order chi connectivity index (χ0) is 21.0. The molecular formula is C19H14F3N5OS2. The summed E-state index contributed by atoms with van der Waals surface area (Å²) < 4.78 is 44.5. The predicted molar refractivity (Wildman–Crippen MR) is 108 cm³/mol. The number of alkyl halides is 3. The van der Waals surface area contributed by atoms with E-state index in [4.69, 9.17) is 4.52 Å². The number of halogens is 3. The summed E-state index contributed by atoms with van der Waals surface area (Å²) >= 11 is 2.75. The topological polar surface area (TPSA) is 76.7 Å². The van der Waals surface area contributed by atoms with E-state index >= 15 is 0 Å². The fourth-order valence-corrected chi connectivity index (χ4v) is 4.09. The van der Waals surface area contributed by atoms with E-state index in [0.717, 1.165) is 17.7 Å². The van der Waals surface area contributed by atoms with Crippen molar-refractivity contribution in [2.45, 2.75) is 22.8 Å². The molecule has 2 aromatic carbocycles. The van der Waals surface area contributed by atoms with Crippen molar-refractivity contribution in [2.24, 2.45) is 0 Å². The van der Waals surface area contributed by atoms with E-state index < -0.39 is 11.7 Å². The van der Waals surface area contributed by atoms with Crippen LogP contribution in [0.4, 0.5) is 18.3 Å². The molecule has 30 heavy (non-hydrogen) atoms. The Morgan fingerprint density at radius 1 is 1.03 bits per heavy atom. The molecule has 4 aromatic rings. The Morgan fingerprint density at radius 3 is 2.67 bits per heavy atom. The van der Waals surface area contributed by atoms with Crippen molar-refractivity contribution in [2.75, 3.05) is 5.32 Å².